The number of aryl methyl sites for hydroxylation is 1. The lowest BCUT2D eigenvalue weighted by molar-refractivity contribution is -0.385. The molecule has 1 aromatic carbocycles. The number of ether oxygens (including phenoxy) is 2. The van der Waals surface area contributed by atoms with E-state index in [-0.39, 0.29) is 16.6 Å². The Bertz CT molecular complexity index is 742. The molecule has 1 spiro atoms. The molecule has 0 aromatic heterocycles. The molecule has 132 valence electrons. The molecule has 0 unspecified atom stereocenters. The van der Waals surface area contributed by atoms with Gasteiger partial charge in [-0.25, -0.2) is 13.1 Å². The van der Waals surface area contributed by atoms with Gasteiger partial charge < -0.3 is 9.47 Å². The summed E-state index contributed by atoms with van der Waals surface area (Å²) >= 11 is 0. The van der Waals surface area contributed by atoms with Crippen LogP contribution in [0.1, 0.15) is 24.8 Å². The summed E-state index contributed by atoms with van der Waals surface area (Å²) in [5, 5.41) is 11.0. The topological polar surface area (TPSA) is 108 Å². The lowest BCUT2D eigenvalue weighted by Crippen LogP contribution is -2.48. The Morgan fingerprint density at radius 3 is 2.83 bits per heavy atom. The number of rotatable bonds is 4. The lowest BCUT2D eigenvalue weighted by atomic mass is 9.90. The van der Waals surface area contributed by atoms with Gasteiger partial charge in [-0.2, -0.15) is 0 Å². The molecule has 8 nitrogen and oxygen atoms in total. The van der Waals surface area contributed by atoms with Crippen LogP contribution in [0.15, 0.2) is 23.1 Å². The van der Waals surface area contributed by atoms with Gasteiger partial charge in [0.2, 0.25) is 10.0 Å². The minimum atomic E-state index is -3.83. The van der Waals surface area contributed by atoms with Crippen LogP contribution < -0.4 is 4.72 Å². The first-order valence-corrected chi connectivity index (χ1v) is 9.29. The van der Waals surface area contributed by atoms with Gasteiger partial charge in [-0.05, 0) is 25.8 Å². The third-order valence-corrected chi connectivity index (χ3v) is 6.09. The molecule has 0 saturated carbocycles. The van der Waals surface area contributed by atoms with Gasteiger partial charge in [0.25, 0.3) is 5.69 Å². The van der Waals surface area contributed by atoms with Crippen LogP contribution in [0.5, 0.6) is 0 Å². The van der Waals surface area contributed by atoms with Gasteiger partial charge in [0.1, 0.15) is 0 Å². The summed E-state index contributed by atoms with van der Waals surface area (Å²) in [6.45, 7) is 3.12. The molecule has 3 rings (SSSR count). The van der Waals surface area contributed by atoms with Gasteiger partial charge in [0, 0.05) is 37.3 Å². The summed E-state index contributed by atoms with van der Waals surface area (Å²) in [5.41, 5.74) is -0.192. The average molecular weight is 356 g/mol. The third-order valence-electron chi connectivity index (χ3n) is 4.57. The molecule has 0 amide bonds. The minimum Gasteiger partial charge on any atom is -0.378 e. The van der Waals surface area contributed by atoms with E-state index in [1.165, 1.54) is 12.1 Å². The van der Waals surface area contributed by atoms with Crippen molar-refractivity contribution in [2.75, 3.05) is 19.8 Å². The predicted molar refractivity (Wildman–Crippen MR) is 85.3 cm³/mol. The molecule has 1 N–H and O–H groups in total. The molecule has 2 saturated heterocycles. The molecule has 2 heterocycles. The van der Waals surface area contributed by atoms with Gasteiger partial charge in [0.05, 0.1) is 22.0 Å². The highest BCUT2D eigenvalue weighted by Gasteiger charge is 2.42. The molecule has 2 aliphatic heterocycles. The maximum atomic E-state index is 12.6. The van der Waals surface area contributed by atoms with Crippen molar-refractivity contribution in [1.29, 1.82) is 0 Å². The number of hydrogen-bond donors (Lipinski definition) is 1. The predicted octanol–water partition coefficient (Wildman–Crippen LogP) is 1.52. The minimum absolute atomic E-state index is 0.0944. The summed E-state index contributed by atoms with van der Waals surface area (Å²) < 4.78 is 39.0. The molecule has 0 bridgehead atoms. The van der Waals surface area contributed by atoms with E-state index in [0.717, 1.165) is 12.5 Å². The molecular formula is C15H20N2O6S. The fourth-order valence-electron chi connectivity index (χ4n) is 3.23. The molecule has 2 aliphatic rings. The number of nitrogens with zero attached hydrogens (tertiary/aromatic N) is 1. The normalized spacial score (nSPS) is 27.5. The molecule has 0 radical (unpaired) electrons. The number of nitro groups is 1. The highest BCUT2D eigenvalue weighted by atomic mass is 32.2. The van der Waals surface area contributed by atoms with Gasteiger partial charge in [-0.3, -0.25) is 10.1 Å². The van der Waals surface area contributed by atoms with E-state index in [9.17, 15) is 18.5 Å². The van der Waals surface area contributed by atoms with Crippen LogP contribution in [-0.2, 0) is 19.5 Å². The second kappa shape index (κ2) is 6.40. The van der Waals surface area contributed by atoms with E-state index < -0.39 is 20.5 Å². The van der Waals surface area contributed by atoms with Crippen LogP contribution in [0.2, 0.25) is 0 Å². The Morgan fingerprint density at radius 1 is 1.38 bits per heavy atom. The van der Waals surface area contributed by atoms with Crippen molar-refractivity contribution in [3.63, 3.8) is 0 Å². The Hall–Kier alpha value is -1.55. The molecule has 2 atom stereocenters. The molecule has 24 heavy (non-hydrogen) atoms. The van der Waals surface area contributed by atoms with Crippen molar-refractivity contribution in [1.82, 2.24) is 4.72 Å². The Balaban J connectivity index is 1.78. The van der Waals surface area contributed by atoms with Crippen LogP contribution in [-0.4, -0.2) is 44.8 Å². The molecule has 1 aromatic rings. The highest BCUT2D eigenvalue weighted by Crippen LogP contribution is 2.33. The van der Waals surface area contributed by atoms with E-state index in [0.29, 0.717) is 38.2 Å². The SMILES string of the molecule is Cc1ccc(S(=O)(=O)N[C@H]2CCO[C@@]3(CCOC3)C2)cc1[N+](=O)[O-]. The largest absolute Gasteiger partial charge is 0.378 e. The number of benzene rings is 1. The van der Waals surface area contributed by atoms with Gasteiger partial charge in [-0.1, -0.05) is 6.07 Å². The first kappa shape index (κ1) is 17.3. The van der Waals surface area contributed by atoms with Crippen molar-refractivity contribution in [3.8, 4) is 0 Å². The Labute approximate surface area is 140 Å². The summed E-state index contributed by atoms with van der Waals surface area (Å²) in [7, 11) is -3.83. The van der Waals surface area contributed by atoms with E-state index in [2.05, 4.69) is 4.72 Å². The smallest absolute Gasteiger partial charge is 0.273 e. The fourth-order valence-corrected chi connectivity index (χ4v) is 4.52. The number of nitrogens with one attached hydrogen (secondary N) is 1. The Kier molecular flexibility index (Phi) is 4.60. The molecular weight excluding hydrogens is 336 g/mol. The van der Waals surface area contributed by atoms with Crippen molar-refractivity contribution in [2.24, 2.45) is 0 Å². The fraction of sp³-hybridized carbons (Fsp3) is 0.600. The van der Waals surface area contributed by atoms with E-state index in [4.69, 9.17) is 9.47 Å². The average Bonchev–Trinajstić information content (AvgIpc) is 2.94. The van der Waals surface area contributed by atoms with Gasteiger partial charge in [0.15, 0.2) is 0 Å². The van der Waals surface area contributed by atoms with E-state index in [1.807, 2.05) is 0 Å². The van der Waals surface area contributed by atoms with Gasteiger partial charge in [-0.15, -0.1) is 0 Å². The quantitative estimate of drug-likeness (QED) is 0.647. The van der Waals surface area contributed by atoms with Crippen molar-refractivity contribution in [3.05, 3.63) is 33.9 Å². The molecule has 2 fully saturated rings. The van der Waals surface area contributed by atoms with E-state index >= 15 is 0 Å². The number of hydrogen-bond acceptors (Lipinski definition) is 6. The summed E-state index contributed by atoms with van der Waals surface area (Å²) in [5.74, 6) is 0. The standard InChI is InChI=1S/C15H20N2O6S/c1-11-2-3-13(8-14(11)17(18)19)24(20,21)16-12-4-6-23-15(9-12)5-7-22-10-15/h2-3,8,12,16H,4-7,9-10H2,1H3/t12-,15-/m0/s1. The third kappa shape index (κ3) is 3.44. The number of nitro benzene ring substituents is 1. The maximum Gasteiger partial charge on any atom is 0.273 e. The van der Waals surface area contributed by atoms with Crippen LogP contribution in [0, 0.1) is 17.0 Å². The van der Waals surface area contributed by atoms with Crippen LogP contribution in [0.3, 0.4) is 0 Å². The first-order valence-electron chi connectivity index (χ1n) is 7.80. The van der Waals surface area contributed by atoms with Gasteiger partial charge >= 0.3 is 0 Å². The summed E-state index contributed by atoms with van der Waals surface area (Å²) in [6.07, 6.45) is 1.86. The zero-order valence-electron chi connectivity index (χ0n) is 13.4. The second-order valence-corrected chi connectivity index (χ2v) is 8.06. The van der Waals surface area contributed by atoms with Crippen molar-refractivity contribution >= 4 is 15.7 Å². The van der Waals surface area contributed by atoms with E-state index in [1.54, 1.807) is 6.92 Å². The van der Waals surface area contributed by atoms with Crippen LogP contribution in [0.25, 0.3) is 0 Å². The summed E-state index contributed by atoms with van der Waals surface area (Å²) in [4.78, 5) is 10.4. The maximum absolute atomic E-state index is 12.6. The first-order chi connectivity index (χ1) is 11.3. The monoisotopic (exact) mass is 356 g/mol. The molecule has 0 aliphatic carbocycles. The van der Waals surface area contributed by atoms with Crippen LogP contribution in [0.4, 0.5) is 5.69 Å². The van der Waals surface area contributed by atoms with Crippen molar-refractivity contribution in [2.45, 2.75) is 42.7 Å². The zero-order chi connectivity index (χ0) is 17.4. The Morgan fingerprint density at radius 2 is 2.17 bits per heavy atom. The number of sulfonamides is 1. The lowest BCUT2D eigenvalue weighted by Gasteiger charge is -2.37. The summed E-state index contributed by atoms with van der Waals surface area (Å²) in [6, 6.07) is 3.66. The zero-order valence-corrected chi connectivity index (χ0v) is 14.2. The molecule has 9 heteroatoms. The van der Waals surface area contributed by atoms with Crippen LogP contribution >= 0.6 is 0 Å². The highest BCUT2D eigenvalue weighted by molar-refractivity contribution is 7.89. The second-order valence-electron chi connectivity index (χ2n) is 6.35. The van der Waals surface area contributed by atoms with Crippen molar-refractivity contribution < 1.29 is 22.8 Å².